The number of carboxylic acid groups (broad SMARTS) is 1. The molecule has 6 heteroatoms. The molecule has 2 N–H and O–H groups in total. The summed E-state index contributed by atoms with van der Waals surface area (Å²) in [5.41, 5.74) is 0. The monoisotopic (exact) mass is 284 g/mol. The van der Waals surface area contributed by atoms with Gasteiger partial charge in [0.05, 0.1) is 5.37 Å². The number of amides is 2. The van der Waals surface area contributed by atoms with Crippen molar-refractivity contribution in [2.24, 2.45) is 0 Å². The molecule has 1 aliphatic heterocycles. The van der Waals surface area contributed by atoms with Gasteiger partial charge in [0.1, 0.15) is 6.04 Å². The van der Waals surface area contributed by atoms with Crippen LogP contribution in [0.4, 0.5) is 4.79 Å². The summed E-state index contributed by atoms with van der Waals surface area (Å²) >= 11 is 1.51. The maximum absolute atomic E-state index is 12.2. The normalized spacial score (nSPS) is 23.7. The van der Waals surface area contributed by atoms with Gasteiger partial charge in [0.2, 0.25) is 0 Å². The maximum Gasteiger partial charge on any atom is 0.327 e. The van der Waals surface area contributed by atoms with Gasteiger partial charge < -0.3 is 10.4 Å². The highest BCUT2D eigenvalue weighted by Crippen LogP contribution is 2.31. The van der Waals surface area contributed by atoms with E-state index in [1.54, 1.807) is 0 Å². The van der Waals surface area contributed by atoms with Gasteiger partial charge in [0, 0.05) is 18.2 Å². The molecule has 0 aromatic carbocycles. The van der Waals surface area contributed by atoms with Crippen molar-refractivity contribution in [2.75, 3.05) is 5.75 Å². The lowest BCUT2D eigenvalue weighted by Crippen LogP contribution is -2.52. The van der Waals surface area contributed by atoms with Crippen molar-refractivity contribution >= 4 is 23.8 Å². The van der Waals surface area contributed by atoms with Gasteiger partial charge in [0.25, 0.3) is 0 Å². The van der Waals surface area contributed by atoms with E-state index in [4.69, 9.17) is 6.42 Å². The molecule has 1 heterocycles. The lowest BCUT2D eigenvalue weighted by Gasteiger charge is -2.28. The molecule has 19 heavy (non-hydrogen) atoms. The number of hydrogen-bond donors (Lipinski definition) is 2. The highest BCUT2D eigenvalue weighted by molar-refractivity contribution is 8.00. The number of aliphatic carboxylic acids is 1. The average molecular weight is 284 g/mol. The summed E-state index contributed by atoms with van der Waals surface area (Å²) in [6, 6.07) is -1.18. The first-order valence-corrected chi connectivity index (χ1v) is 7.46. The van der Waals surface area contributed by atoms with Crippen molar-refractivity contribution < 1.29 is 14.7 Å². The van der Waals surface area contributed by atoms with E-state index in [-0.39, 0.29) is 17.4 Å². The molecule has 0 aromatic rings. The van der Waals surface area contributed by atoms with Gasteiger partial charge in [-0.1, -0.05) is 13.8 Å². The third kappa shape index (κ3) is 3.80. The molecule has 1 fully saturated rings. The predicted molar refractivity (Wildman–Crippen MR) is 75.9 cm³/mol. The Labute approximate surface area is 118 Å². The van der Waals surface area contributed by atoms with Gasteiger partial charge in [-0.3, -0.25) is 4.90 Å². The lowest BCUT2D eigenvalue weighted by atomic mass is 10.1. The van der Waals surface area contributed by atoms with Gasteiger partial charge in [0.15, 0.2) is 0 Å². The third-order valence-electron chi connectivity index (χ3n) is 3.15. The van der Waals surface area contributed by atoms with Crippen LogP contribution in [0.1, 0.15) is 33.1 Å². The molecule has 0 radical (unpaired) electrons. The van der Waals surface area contributed by atoms with Crippen LogP contribution >= 0.6 is 11.8 Å². The SMILES string of the molecule is C#CCC(CC)NC(=O)N1C(CC)SCC1C(=O)O. The molecule has 0 bridgehead atoms. The Morgan fingerprint density at radius 1 is 1.58 bits per heavy atom. The van der Waals surface area contributed by atoms with Gasteiger partial charge in [-0.15, -0.1) is 24.1 Å². The van der Waals surface area contributed by atoms with Crippen molar-refractivity contribution in [1.29, 1.82) is 0 Å². The van der Waals surface area contributed by atoms with Crippen molar-refractivity contribution in [3.63, 3.8) is 0 Å². The summed E-state index contributed by atoms with van der Waals surface area (Å²) in [4.78, 5) is 24.9. The first-order chi connectivity index (χ1) is 9.04. The number of hydrogen-bond acceptors (Lipinski definition) is 3. The fourth-order valence-electron chi connectivity index (χ4n) is 2.03. The summed E-state index contributed by atoms with van der Waals surface area (Å²) in [6.07, 6.45) is 7.16. The van der Waals surface area contributed by atoms with Crippen LogP contribution < -0.4 is 5.32 Å². The number of terminal acetylenes is 1. The molecule has 3 atom stereocenters. The van der Waals surface area contributed by atoms with Crippen LogP contribution in [-0.2, 0) is 4.79 Å². The third-order valence-corrected chi connectivity index (χ3v) is 4.60. The zero-order valence-electron chi connectivity index (χ0n) is 11.3. The van der Waals surface area contributed by atoms with Crippen LogP contribution in [0.25, 0.3) is 0 Å². The second-order valence-corrected chi connectivity index (χ2v) is 5.63. The minimum absolute atomic E-state index is 0.0792. The summed E-state index contributed by atoms with van der Waals surface area (Å²) in [5.74, 6) is 2.00. The summed E-state index contributed by atoms with van der Waals surface area (Å²) in [5, 5.41) is 11.9. The Morgan fingerprint density at radius 3 is 2.74 bits per heavy atom. The number of carboxylic acids is 1. The average Bonchev–Trinajstić information content (AvgIpc) is 2.81. The van der Waals surface area contributed by atoms with Gasteiger partial charge in [-0.2, -0.15) is 0 Å². The zero-order chi connectivity index (χ0) is 14.4. The van der Waals surface area contributed by atoms with Crippen LogP contribution in [0.5, 0.6) is 0 Å². The molecule has 3 unspecified atom stereocenters. The fraction of sp³-hybridized carbons (Fsp3) is 0.692. The summed E-state index contributed by atoms with van der Waals surface area (Å²) in [6.45, 7) is 3.88. The Bertz CT molecular complexity index is 381. The number of nitrogens with one attached hydrogen (secondary N) is 1. The van der Waals surface area contributed by atoms with Crippen LogP contribution in [0.15, 0.2) is 0 Å². The predicted octanol–water partition coefficient (Wildman–Crippen LogP) is 1.74. The molecule has 1 aliphatic rings. The Kier molecular flexibility index (Phi) is 6.03. The first kappa shape index (κ1) is 15.7. The topological polar surface area (TPSA) is 69.6 Å². The van der Waals surface area contributed by atoms with E-state index < -0.39 is 12.0 Å². The summed E-state index contributed by atoms with van der Waals surface area (Å²) < 4.78 is 0. The van der Waals surface area contributed by atoms with Crippen LogP contribution in [0.3, 0.4) is 0 Å². The van der Waals surface area contributed by atoms with Crippen LogP contribution in [0.2, 0.25) is 0 Å². The number of carbonyl (C=O) groups is 2. The standard InChI is InChI=1S/C13H20N2O3S/c1-4-7-9(5-2)14-13(18)15-10(12(16)17)8-19-11(15)6-3/h1,9-11H,5-8H2,2-3H3,(H,14,18)(H,16,17). The molecule has 0 saturated carbocycles. The molecule has 5 nitrogen and oxygen atoms in total. The van der Waals surface area contributed by atoms with Gasteiger partial charge in [-0.05, 0) is 12.8 Å². The number of thioether (sulfide) groups is 1. The number of rotatable bonds is 5. The molecule has 0 aliphatic carbocycles. The van der Waals surface area contributed by atoms with Crippen molar-refractivity contribution in [3.8, 4) is 12.3 Å². The fourth-order valence-corrected chi connectivity index (χ4v) is 3.38. The van der Waals surface area contributed by atoms with Gasteiger partial charge in [-0.25, -0.2) is 9.59 Å². The van der Waals surface area contributed by atoms with Crippen LogP contribution in [-0.4, -0.2) is 45.2 Å². The van der Waals surface area contributed by atoms with Crippen LogP contribution in [0, 0.1) is 12.3 Å². The minimum Gasteiger partial charge on any atom is -0.480 e. The highest BCUT2D eigenvalue weighted by atomic mass is 32.2. The Morgan fingerprint density at radius 2 is 2.26 bits per heavy atom. The molecule has 0 spiro atoms. The maximum atomic E-state index is 12.2. The quantitative estimate of drug-likeness (QED) is 0.754. The van der Waals surface area contributed by atoms with Crippen molar-refractivity contribution in [2.45, 2.75) is 50.6 Å². The van der Waals surface area contributed by atoms with E-state index in [9.17, 15) is 14.7 Å². The molecular formula is C13H20N2O3S. The molecule has 0 aromatic heterocycles. The van der Waals surface area contributed by atoms with E-state index in [2.05, 4.69) is 11.2 Å². The van der Waals surface area contributed by atoms with Gasteiger partial charge >= 0.3 is 12.0 Å². The second kappa shape index (κ2) is 7.29. The highest BCUT2D eigenvalue weighted by Gasteiger charge is 2.41. The summed E-state index contributed by atoms with van der Waals surface area (Å²) in [7, 11) is 0. The number of carbonyl (C=O) groups excluding carboxylic acids is 1. The molecular weight excluding hydrogens is 264 g/mol. The molecule has 106 valence electrons. The first-order valence-electron chi connectivity index (χ1n) is 6.41. The Hall–Kier alpha value is -1.35. The lowest BCUT2D eigenvalue weighted by molar-refractivity contribution is -0.141. The van der Waals surface area contributed by atoms with E-state index in [0.29, 0.717) is 12.2 Å². The second-order valence-electron chi connectivity index (χ2n) is 4.42. The molecule has 1 rings (SSSR count). The largest absolute Gasteiger partial charge is 0.480 e. The number of nitrogens with zero attached hydrogens (tertiary/aromatic N) is 1. The number of urea groups is 1. The van der Waals surface area contributed by atoms with Crippen molar-refractivity contribution in [3.05, 3.63) is 0 Å². The zero-order valence-corrected chi connectivity index (χ0v) is 12.1. The van der Waals surface area contributed by atoms with E-state index in [1.165, 1.54) is 16.7 Å². The van der Waals surface area contributed by atoms with E-state index in [0.717, 1.165) is 12.8 Å². The minimum atomic E-state index is -0.955. The van der Waals surface area contributed by atoms with E-state index >= 15 is 0 Å². The molecule has 1 saturated heterocycles. The Balaban J connectivity index is 2.76. The van der Waals surface area contributed by atoms with E-state index in [1.807, 2.05) is 13.8 Å². The molecule has 2 amide bonds. The smallest absolute Gasteiger partial charge is 0.327 e. The van der Waals surface area contributed by atoms with Crippen molar-refractivity contribution in [1.82, 2.24) is 10.2 Å².